The second-order valence-corrected chi connectivity index (χ2v) is 8.15. The number of fused-ring (bicyclic) bond motifs is 1. The summed E-state index contributed by atoms with van der Waals surface area (Å²) in [7, 11) is 0. The number of carbonyl (C=O) groups is 1. The fraction of sp³-hybridized carbons (Fsp3) is 0.524. The van der Waals surface area contributed by atoms with Gasteiger partial charge in [0.05, 0.1) is 11.4 Å². The summed E-state index contributed by atoms with van der Waals surface area (Å²) in [5.74, 6) is -0.147. The van der Waals surface area contributed by atoms with Crippen molar-refractivity contribution in [1.29, 1.82) is 0 Å². The zero-order valence-corrected chi connectivity index (χ0v) is 16.1. The van der Waals surface area contributed by atoms with Crippen molar-refractivity contribution < 1.29 is 9.90 Å². The van der Waals surface area contributed by atoms with Crippen molar-refractivity contribution in [1.82, 2.24) is 20.0 Å². The molecule has 0 spiro atoms. The van der Waals surface area contributed by atoms with Gasteiger partial charge in [-0.05, 0) is 44.9 Å². The number of likely N-dealkylation sites (tertiary alicyclic amines) is 1. The van der Waals surface area contributed by atoms with Crippen molar-refractivity contribution in [3.8, 4) is 5.69 Å². The summed E-state index contributed by atoms with van der Waals surface area (Å²) in [5.41, 5.74) is 4.75. The predicted molar refractivity (Wildman–Crippen MR) is 104 cm³/mol. The molecule has 1 aromatic heterocycles. The highest BCUT2D eigenvalue weighted by Crippen LogP contribution is 2.43. The molecule has 0 saturated carbocycles. The first-order valence-electron chi connectivity index (χ1n) is 9.74. The van der Waals surface area contributed by atoms with Crippen LogP contribution in [-0.2, 0) is 11.3 Å². The molecule has 2 aliphatic rings. The Labute approximate surface area is 160 Å². The number of nitrogens with one attached hydrogen (secondary N) is 1. The summed E-state index contributed by atoms with van der Waals surface area (Å²) in [6.07, 6.45) is 1.02. The van der Waals surface area contributed by atoms with Gasteiger partial charge < -0.3 is 10.4 Å². The summed E-state index contributed by atoms with van der Waals surface area (Å²) in [5, 5.41) is 17.4. The molecule has 2 saturated heterocycles. The normalized spacial score (nSPS) is 25.0. The molecule has 4 rings (SSSR count). The average Bonchev–Trinajstić information content (AvgIpc) is 3.27. The molecule has 3 heterocycles. The molecule has 144 valence electrons. The molecule has 2 aromatic rings. The summed E-state index contributed by atoms with van der Waals surface area (Å²) in [6, 6.07) is 10.2. The van der Waals surface area contributed by atoms with Gasteiger partial charge in [-0.15, -0.1) is 0 Å². The van der Waals surface area contributed by atoms with Gasteiger partial charge in [0, 0.05) is 49.3 Å². The van der Waals surface area contributed by atoms with Crippen LogP contribution in [0, 0.1) is 25.2 Å². The van der Waals surface area contributed by atoms with E-state index in [1.54, 1.807) is 0 Å². The number of benzene rings is 1. The first-order valence-corrected chi connectivity index (χ1v) is 9.74. The number of hydrogen-bond donors (Lipinski definition) is 2. The lowest BCUT2D eigenvalue weighted by molar-refractivity contribution is -0.137. The van der Waals surface area contributed by atoms with E-state index in [-0.39, 0.29) is 11.8 Å². The number of nitrogens with zero attached hydrogens (tertiary/aromatic N) is 3. The Bertz CT molecular complexity index is 832. The van der Waals surface area contributed by atoms with E-state index in [1.165, 1.54) is 11.3 Å². The number of rotatable bonds is 6. The Morgan fingerprint density at radius 2 is 2.11 bits per heavy atom. The molecule has 1 aromatic carbocycles. The molecular formula is C21H28N4O2. The van der Waals surface area contributed by atoms with Crippen LogP contribution >= 0.6 is 0 Å². The third kappa shape index (κ3) is 3.39. The molecule has 2 fully saturated rings. The smallest absolute Gasteiger partial charge is 0.303 e. The highest BCUT2D eigenvalue weighted by Gasteiger charge is 2.49. The van der Waals surface area contributed by atoms with E-state index >= 15 is 0 Å². The van der Waals surface area contributed by atoms with E-state index in [0.29, 0.717) is 5.92 Å². The van der Waals surface area contributed by atoms with Gasteiger partial charge in [0.15, 0.2) is 0 Å². The monoisotopic (exact) mass is 368 g/mol. The van der Waals surface area contributed by atoms with Crippen LogP contribution < -0.4 is 5.32 Å². The van der Waals surface area contributed by atoms with E-state index in [9.17, 15) is 4.79 Å². The van der Waals surface area contributed by atoms with Crippen molar-refractivity contribution in [3.05, 3.63) is 47.3 Å². The number of aryl methyl sites for hydroxylation is 1. The Morgan fingerprint density at radius 3 is 2.85 bits per heavy atom. The van der Waals surface area contributed by atoms with Crippen LogP contribution in [0.1, 0.15) is 29.8 Å². The minimum Gasteiger partial charge on any atom is -0.481 e. The third-order valence-corrected chi connectivity index (χ3v) is 6.41. The van der Waals surface area contributed by atoms with Crippen LogP contribution in [0.4, 0.5) is 0 Å². The number of para-hydroxylation sites is 1. The lowest BCUT2D eigenvalue weighted by Crippen LogP contribution is -2.33. The van der Waals surface area contributed by atoms with Crippen LogP contribution in [0.5, 0.6) is 0 Å². The second-order valence-electron chi connectivity index (χ2n) is 8.15. The van der Waals surface area contributed by atoms with Gasteiger partial charge in [-0.25, -0.2) is 4.68 Å². The number of hydrogen-bond acceptors (Lipinski definition) is 4. The van der Waals surface area contributed by atoms with E-state index < -0.39 is 5.97 Å². The molecule has 0 aliphatic carbocycles. The van der Waals surface area contributed by atoms with E-state index in [0.717, 1.165) is 50.5 Å². The van der Waals surface area contributed by atoms with Crippen LogP contribution in [0.25, 0.3) is 5.69 Å². The van der Waals surface area contributed by atoms with E-state index in [4.69, 9.17) is 10.2 Å². The maximum Gasteiger partial charge on any atom is 0.303 e. The fourth-order valence-corrected chi connectivity index (χ4v) is 4.92. The van der Waals surface area contributed by atoms with Gasteiger partial charge >= 0.3 is 5.97 Å². The Morgan fingerprint density at radius 1 is 1.33 bits per heavy atom. The summed E-state index contributed by atoms with van der Waals surface area (Å²) in [4.78, 5) is 13.6. The summed E-state index contributed by atoms with van der Waals surface area (Å²) < 4.78 is 2.03. The van der Waals surface area contributed by atoms with Crippen molar-refractivity contribution >= 4 is 5.97 Å². The van der Waals surface area contributed by atoms with Crippen LogP contribution in [-0.4, -0.2) is 51.9 Å². The quantitative estimate of drug-likeness (QED) is 0.819. The SMILES string of the molecule is Cc1nn(-c2ccccc2)c(C)c1CN1CC2CNCC2(CCC(=O)O)C1. The van der Waals surface area contributed by atoms with Gasteiger partial charge in [0.1, 0.15) is 0 Å². The molecule has 2 aliphatic heterocycles. The number of aliphatic carboxylic acids is 1. The molecule has 2 unspecified atom stereocenters. The Balaban J connectivity index is 1.52. The van der Waals surface area contributed by atoms with Gasteiger partial charge in [0.2, 0.25) is 0 Å². The number of aromatic nitrogens is 2. The predicted octanol–water partition coefficient (Wildman–Crippen LogP) is 2.38. The highest BCUT2D eigenvalue weighted by atomic mass is 16.4. The highest BCUT2D eigenvalue weighted by molar-refractivity contribution is 5.66. The van der Waals surface area contributed by atoms with Gasteiger partial charge in [-0.1, -0.05) is 18.2 Å². The van der Waals surface area contributed by atoms with Crippen molar-refractivity contribution in [2.24, 2.45) is 11.3 Å². The van der Waals surface area contributed by atoms with Crippen LogP contribution in [0.2, 0.25) is 0 Å². The molecule has 2 N–H and O–H groups in total. The zero-order valence-electron chi connectivity index (χ0n) is 16.1. The summed E-state index contributed by atoms with van der Waals surface area (Å²) >= 11 is 0. The number of carboxylic acid groups (broad SMARTS) is 1. The minimum absolute atomic E-state index is 0.107. The molecule has 6 heteroatoms. The average molecular weight is 368 g/mol. The maximum absolute atomic E-state index is 11.1. The maximum atomic E-state index is 11.1. The molecular weight excluding hydrogens is 340 g/mol. The first kappa shape index (κ1) is 18.2. The van der Waals surface area contributed by atoms with Crippen molar-refractivity contribution in [2.45, 2.75) is 33.2 Å². The third-order valence-electron chi connectivity index (χ3n) is 6.41. The van der Waals surface area contributed by atoms with Crippen LogP contribution in [0.15, 0.2) is 30.3 Å². The molecule has 6 nitrogen and oxygen atoms in total. The second kappa shape index (κ2) is 7.09. The lowest BCUT2D eigenvalue weighted by atomic mass is 9.77. The standard InChI is InChI=1S/C21H28N4O2/c1-15-19(16(2)25(23-15)18-6-4-3-5-7-18)12-24-11-17-10-22-13-21(17,14-24)9-8-20(26)27/h3-7,17,22H,8-14H2,1-2H3,(H,26,27). The largest absolute Gasteiger partial charge is 0.481 e. The molecule has 0 bridgehead atoms. The topological polar surface area (TPSA) is 70.4 Å². The zero-order chi connectivity index (χ0) is 19.0. The van der Waals surface area contributed by atoms with E-state index in [1.807, 2.05) is 22.9 Å². The molecule has 27 heavy (non-hydrogen) atoms. The van der Waals surface area contributed by atoms with Gasteiger partial charge in [0.25, 0.3) is 0 Å². The van der Waals surface area contributed by atoms with Crippen LogP contribution in [0.3, 0.4) is 0 Å². The van der Waals surface area contributed by atoms with Gasteiger partial charge in [-0.3, -0.25) is 9.69 Å². The minimum atomic E-state index is -0.690. The first-order chi connectivity index (χ1) is 13.0. The Hall–Kier alpha value is -2.18. The van der Waals surface area contributed by atoms with Crippen molar-refractivity contribution in [3.63, 3.8) is 0 Å². The summed E-state index contributed by atoms with van der Waals surface area (Å²) in [6.45, 7) is 9.03. The fourth-order valence-electron chi connectivity index (χ4n) is 4.92. The van der Waals surface area contributed by atoms with Gasteiger partial charge in [-0.2, -0.15) is 5.10 Å². The molecule has 2 atom stereocenters. The Kier molecular flexibility index (Phi) is 4.78. The lowest BCUT2D eigenvalue weighted by Gasteiger charge is -2.27. The molecule has 0 radical (unpaired) electrons. The van der Waals surface area contributed by atoms with Crippen molar-refractivity contribution in [2.75, 3.05) is 26.2 Å². The molecule has 0 amide bonds. The number of carboxylic acids is 1. The van der Waals surface area contributed by atoms with E-state index in [2.05, 4.69) is 36.2 Å².